The van der Waals surface area contributed by atoms with Crippen molar-refractivity contribution in [1.82, 2.24) is 24.8 Å². The van der Waals surface area contributed by atoms with E-state index in [1.165, 1.54) is 6.33 Å². The van der Waals surface area contributed by atoms with Gasteiger partial charge in [-0.25, -0.2) is 9.97 Å². The molecule has 1 saturated heterocycles. The second-order valence-electron chi connectivity index (χ2n) is 7.29. The Morgan fingerprint density at radius 2 is 1.81 bits per heavy atom. The third-order valence-electron chi connectivity index (χ3n) is 5.05. The van der Waals surface area contributed by atoms with E-state index in [4.69, 9.17) is 0 Å². The van der Waals surface area contributed by atoms with Crippen molar-refractivity contribution in [1.29, 1.82) is 0 Å². The zero-order chi connectivity index (χ0) is 22.1. The first kappa shape index (κ1) is 23.9. The summed E-state index contributed by atoms with van der Waals surface area (Å²) in [7, 11) is 0. The van der Waals surface area contributed by atoms with Gasteiger partial charge in [-0.3, -0.25) is 9.88 Å². The molecule has 0 atom stereocenters. The molecule has 1 aliphatic rings. The van der Waals surface area contributed by atoms with Crippen molar-refractivity contribution in [3.05, 3.63) is 42.6 Å². The SMILES string of the molecule is Cl.FC(F)(F)Oc1ccc(C(F)(F)CN2CCC(Nc3ncnc4[nH]ccc34)CC2)nc1. The Labute approximate surface area is 185 Å². The highest BCUT2D eigenvalue weighted by Gasteiger charge is 2.37. The van der Waals surface area contributed by atoms with Crippen LogP contribution in [0.4, 0.5) is 27.8 Å². The Morgan fingerprint density at radius 3 is 2.47 bits per heavy atom. The Kier molecular flexibility index (Phi) is 7.03. The van der Waals surface area contributed by atoms with Gasteiger partial charge in [-0.15, -0.1) is 25.6 Å². The molecule has 4 heterocycles. The number of hydrogen-bond acceptors (Lipinski definition) is 6. The fourth-order valence-corrected chi connectivity index (χ4v) is 3.57. The van der Waals surface area contributed by atoms with Crippen molar-refractivity contribution in [2.24, 2.45) is 0 Å². The van der Waals surface area contributed by atoms with Crippen LogP contribution in [0, 0.1) is 0 Å². The molecule has 3 aromatic rings. The molecule has 4 rings (SSSR count). The number of rotatable bonds is 6. The third kappa shape index (κ3) is 5.74. The molecule has 3 aromatic heterocycles. The van der Waals surface area contributed by atoms with Crippen LogP contribution in [0.3, 0.4) is 0 Å². The maximum atomic E-state index is 14.6. The third-order valence-corrected chi connectivity index (χ3v) is 5.05. The Hall–Kier alpha value is -2.73. The van der Waals surface area contributed by atoms with E-state index in [-0.39, 0.29) is 18.4 Å². The van der Waals surface area contributed by atoms with Crippen LogP contribution in [0.5, 0.6) is 5.75 Å². The summed E-state index contributed by atoms with van der Waals surface area (Å²) in [6.45, 7) is 0.301. The van der Waals surface area contributed by atoms with Crippen LogP contribution < -0.4 is 10.1 Å². The van der Waals surface area contributed by atoms with Crippen LogP contribution in [0.2, 0.25) is 0 Å². The Morgan fingerprint density at radius 1 is 1.06 bits per heavy atom. The van der Waals surface area contributed by atoms with Gasteiger partial charge in [-0.1, -0.05) is 0 Å². The highest BCUT2D eigenvalue weighted by Crippen LogP contribution is 2.31. The summed E-state index contributed by atoms with van der Waals surface area (Å²) >= 11 is 0. The van der Waals surface area contributed by atoms with Crippen LogP contribution in [0.15, 0.2) is 36.9 Å². The number of ether oxygens (including phenoxy) is 1. The summed E-state index contributed by atoms with van der Waals surface area (Å²) in [6, 6.07) is 3.64. The van der Waals surface area contributed by atoms with E-state index in [0.29, 0.717) is 43.6 Å². The number of anilines is 1. The molecule has 0 unspecified atom stereocenters. The molecular formula is C19H20ClF5N6O. The van der Waals surface area contributed by atoms with Gasteiger partial charge < -0.3 is 15.0 Å². The topological polar surface area (TPSA) is 79.0 Å². The minimum absolute atomic E-state index is 0. The maximum Gasteiger partial charge on any atom is 0.573 e. The second kappa shape index (κ2) is 9.41. The second-order valence-corrected chi connectivity index (χ2v) is 7.29. The number of likely N-dealkylation sites (tertiary alicyclic amines) is 1. The first-order valence-corrected chi connectivity index (χ1v) is 9.57. The molecule has 2 N–H and O–H groups in total. The van der Waals surface area contributed by atoms with Gasteiger partial charge in [-0.05, 0) is 31.0 Å². The molecule has 13 heteroatoms. The molecule has 7 nitrogen and oxygen atoms in total. The Balaban J connectivity index is 0.00000289. The minimum atomic E-state index is -4.90. The van der Waals surface area contributed by atoms with E-state index in [1.54, 1.807) is 11.1 Å². The van der Waals surface area contributed by atoms with Crippen molar-refractivity contribution in [3.8, 4) is 5.75 Å². The zero-order valence-corrected chi connectivity index (χ0v) is 17.4. The quantitative estimate of drug-likeness (QED) is 0.513. The van der Waals surface area contributed by atoms with Crippen LogP contribution >= 0.6 is 12.4 Å². The van der Waals surface area contributed by atoms with Crippen LogP contribution in [-0.2, 0) is 5.92 Å². The van der Waals surface area contributed by atoms with Crippen molar-refractivity contribution in [2.45, 2.75) is 31.2 Å². The predicted octanol–water partition coefficient (Wildman–Crippen LogP) is 4.34. The number of fused-ring (bicyclic) bond motifs is 1. The number of aromatic nitrogens is 4. The number of piperidine rings is 1. The lowest BCUT2D eigenvalue weighted by Gasteiger charge is -2.34. The monoisotopic (exact) mass is 478 g/mol. The molecule has 0 amide bonds. The smallest absolute Gasteiger partial charge is 0.404 e. The minimum Gasteiger partial charge on any atom is -0.404 e. The molecular weight excluding hydrogens is 459 g/mol. The maximum absolute atomic E-state index is 14.6. The fourth-order valence-electron chi connectivity index (χ4n) is 3.57. The van der Waals surface area contributed by atoms with Gasteiger partial charge in [-0.2, -0.15) is 8.78 Å². The molecule has 1 fully saturated rings. The number of hydrogen-bond donors (Lipinski definition) is 2. The molecule has 0 radical (unpaired) electrons. The van der Waals surface area contributed by atoms with Gasteiger partial charge in [0.15, 0.2) is 0 Å². The van der Waals surface area contributed by atoms with Crippen molar-refractivity contribution >= 4 is 29.3 Å². The number of alkyl halides is 5. The molecule has 0 aromatic carbocycles. The molecule has 0 bridgehead atoms. The lowest BCUT2D eigenvalue weighted by Crippen LogP contribution is -2.44. The zero-order valence-electron chi connectivity index (χ0n) is 16.6. The van der Waals surface area contributed by atoms with E-state index >= 15 is 0 Å². The molecule has 1 aliphatic heterocycles. The molecule has 0 aliphatic carbocycles. The van der Waals surface area contributed by atoms with Gasteiger partial charge in [0, 0.05) is 25.3 Å². The molecule has 0 saturated carbocycles. The lowest BCUT2D eigenvalue weighted by molar-refractivity contribution is -0.274. The highest BCUT2D eigenvalue weighted by molar-refractivity contribution is 5.86. The van der Waals surface area contributed by atoms with E-state index in [9.17, 15) is 22.0 Å². The van der Waals surface area contributed by atoms with Crippen LogP contribution in [0.25, 0.3) is 11.0 Å². The number of H-pyrrole nitrogens is 1. The van der Waals surface area contributed by atoms with Crippen LogP contribution in [-0.4, -0.2) is 56.9 Å². The van der Waals surface area contributed by atoms with Crippen molar-refractivity contribution in [3.63, 3.8) is 0 Å². The summed E-state index contributed by atoms with van der Waals surface area (Å²) in [5.41, 5.74) is 0.117. The van der Waals surface area contributed by atoms with Crippen molar-refractivity contribution < 1.29 is 26.7 Å². The van der Waals surface area contributed by atoms with Gasteiger partial charge in [0.1, 0.15) is 29.2 Å². The largest absolute Gasteiger partial charge is 0.573 e. The molecule has 0 spiro atoms. The number of nitrogens with zero attached hydrogens (tertiary/aromatic N) is 4. The van der Waals surface area contributed by atoms with E-state index in [2.05, 4.69) is 30.0 Å². The number of aromatic amines is 1. The Bertz CT molecular complexity index is 1020. The number of pyridine rings is 1. The predicted molar refractivity (Wildman–Crippen MR) is 109 cm³/mol. The first-order valence-electron chi connectivity index (χ1n) is 9.57. The van der Waals surface area contributed by atoms with E-state index < -0.39 is 30.3 Å². The first-order chi connectivity index (χ1) is 14.7. The number of halogens is 6. The van der Waals surface area contributed by atoms with Crippen molar-refractivity contribution in [2.75, 3.05) is 25.0 Å². The van der Waals surface area contributed by atoms with Gasteiger partial charge in [0.2, 0.25) is 0 Å². The van der Waals surface area contributed by atoms with E-state index in [0.717, 1.165) is 17.5 Å². The summed E-state index contributed by atoms with van der Waals surface area (Å²) in [6.07, 6.45) is 0.245. The summed E-state index contributed by atoms with van der Waals surface area (Å²) in [4.78, 5) is 16.5. The summed E-state index contributed by atoms with van der Waals surface area (Å²) in [5, 5.41) is 4.21. The lowest BCUT2D eigenvalue weighted by atomic mass is 10.0. The summed E-state index contributed by atoms with van der Waals surface area (Å²) < 4.78 is 69.4. The summed E-state index contributed by atoms with van der Waals surface area (Å²) in [5.74, 6) is -3.25. The van der Waals surface area contributed by atoms with Gasteiger partial charge in [0.25, 0.3) is 0 Å². The standard InChI is InChI=1S/C19H19F5N6O.ClH/c20-18(21,15-2-1-13(9-26-15)31-19(22,23)24)10-30-7-4-12(5-8-30)29-17-14-3-6-25-16(14)27-11-28-17;/h1-3,6,9,11-12H,4-5,7-8,10H2,(H2,25,27,28,29);1H. The van der Waals surface area contributed by atoms with Crippen LogP contribution in [0.1, 0.15) is 18.5 Å². The average Bonchev–Trinajstić information content (AvgIpc) is 3.18. The number of nitrogens with one attached hydrogen (secondary N) is 2. The van der Waals surface area contributed by atoms with E-state index in [1.807, 2.05) is 6.07 Å². The highest BCUT2D eigenvalue weighted by atomic mass is 35.5. The molecule has 32 heavy (non-hydrogen) atoms. The van der Waals surface area contributed by atoms with Gasteiger partial charge >= 0.3 is 12.3 Å². The average molecular weight is 479 g/mol. The normalized spacial score (nSPS) is 16.0. The van der Waals surface area contributed by atoms with Gasteiger partial charge in [0.05, 0.1) is 18.1 Å². The molecule has 174 valence electrons. The fraction of sp³-hybridized carbons (Fsp3) is 0.421.